The smallest absolute Gasteiger partial charge is 0.252 e. The van der Waals surface area contributed by atoms with Gasteiger partial charge in [0.2, 0.25) is 0 Å². The third-order valence-electron chi connectivity index (χ3n) is 24.0. The van der Waals surface area contributed by atoms with Crippen LogP contribution in [0.1, 0.15) is 152 Å². The van der Waals surface area contributed by atoms with Crippen molar-refractivity contribution < 1.29 is 0 Å². The van der Waals surface area contributed by atoms with E-state index in [1.165, 1.54) is 105 Å². The molecule has 0 unspecified atom stereocenters. The molecule has 0 N–H and O–H groups in total. The Labute approximate surface area is 663 Å². The highest BCUT2D eigenvalue weighted by Crippen LogP contribution is 2.55. The number of hydrogen-bond acceptors (Lipinski definition) is 2. The highest BCUT2D eigenvalue weighted by Gasteiger charge is 2.46. The van der Waals surface area contributed by atoms with Crippen molar-refractivity contribution in [3.05, 3.63) is 361 Å². The molecule has 0 amide bonds. The quantitative estimate of drug-likeness (QED) is 0.0842. The second kappa shape index (κ2) is 29.2. The zero-order valence-corrected chi connectivity index (χ0v) is 66.6. The zero-order chi connectivity index (χ0) is 76.7. The Morgan fingerprint density at radius 3 is 0.821 bits per heavy atom. The Hall–Kier alpha value is -12.2. The summed E-state index contributed by atoms with van der Waals surface area (Å²) in [5, 5.41) is 2.44. The molecule has 3 nitrogen and oxygen atoms in total. The van der Waals surface area contributed by atoms with Gasteiger partial charge in [0.25, 0.3) is 6.71 Å². The molecule has 0 spiro atoms. The van der Waals surface area contributed by atoms with Crippen LogP contribution in [0.4, 0.5) is 34.1 Å². The van der Waals surface area contributed by atoms with Crippen LogP contribution in [0, 0.1) is 0 Å². The molecule has 3 heterocycles. The van der Waals surface area contributed by atoms with Crippen molar-refractivity contribution in [3.8, 4) is 94.7 Å². The largest absolute Gasteiger partial charge is 0.310 e. The van der Waals surface area contributed by atoms with E-state index in [4.69, 9.17) is 0 Å². The highest BCUT2D eigenvalue weighted by molar-refractivity contribution is 7.00. The number of benzene rings is 15. The van der Waals surface area contributed by atoms with Crippen molar-refractivity contribution in [3.63, 3.8) is 0 Å². The van der Waals surface area contributed by atoms with Crippen molar-refractivity contribution in [2.75, 3.05) is 9.80 Å². The summed E-state index contributed by atoms with van der Waals surface area (Å²) < 4.78 is 2.65. The Balaban J connectivity index is 1.04. The van der Waals surface area contributed by atoms with Gasteiger partial charge in [-0.25, -0.2) is 0 Å². The van der Waals surface area contributed by atoms with Gasteiger partial charge >= 0.3 is 0 Å². The van der Waals surface area contributed by atoms with Gasteiger partial charge in [0, 0.05) is 55.8 Å². The highest BCUT2D eigenvalue weighted by atomic mass is 15.2. The lowest BCUT2D eigenvalue weighted by Crippen LogP contribution is -2.61. The molecule has 0 aliphatic carbocycles. The average molecular weight is 1450 g/mol. The van der Waals surface area contributed by atoms with Crippen LogP contribution in [0.25, 0.3) is 117 Å². The fourth-order valence-corrected chi connectivity index (χ4v) is 18.4. The monoisotopic (exact) mass is 1450 g/mol. The van der Waals surface area contributed by atoms with Gasteiger partial charge < -0.3 is 14.4 Å². The maximum atomic E-state index is 2.70. The van der Waals surface area contributed by atoms with E-state index in [0.29, 0.717) is 35.5 Å². The third kappa shape index (κ3) is 12.4. The van der Waals surface area contributed by atoms with Gasteiger partial charge in [-0.05, 0) is 201 Å². The van der Waals surface area contributed by atoms with E-state index in [2.05, 4.69) is 425 Å². The third-order valence-corrected chi connectivity index (χ3v) is 24.0. The molecule has 2 aliphatic rings. The Bertz CT molecular complexity index is 5700. The van der Waals surface area contributed by atoms with Crippen molar-refractivity contribution in [2.24, 2.45) is 0 Å². The lowest BCUT2D eigenvalue weighted by atomic mass is 9.33. The molecule has 0 saturated heterocycles. The number of rotatable bonds is 17. The van der Waals surface area contributed by atoms with Crippen LogP contribution in [0.2, 0.25) is 0 Å². The fourth-order valence-electron chi connectivity index (χ4n) is 18.4. The van der Waals surface area contributed by atoms with Gasteiger partial charge in [0.05, 0.1) is 28.1 Å². The van der Waals surface area contributed by atoms with Crippen molar-refractivity contribution in [1.29, 1.82) is 0 Å². The van der Waals surface area contributed by atoms with Crippen LogP contribution in [0.3, 0.4) is 0 Å². The van der Waals surface area contributed by atoms with Crippen molar-refractivity contribution in [1.82, 2.24) is 4.57 Å². The second-order valence-corrected chi connectivity index (χ2v) is 33.0. The summed E-state index contributed by atoms with van der Waals surface area (Å²) in [6.07, 6.45) is 0. The molecular weight excluding hydrogens is 1350 g/mol. The molecular formula is C108H96BN3. The van der Waals surface area contributed by atoms with E-state index in [-0.39, 0.29) is 6.71 Å². The van der Waals surface area contributed by atoms with E-state index in [1.54, 1.807) is 0 Å². The van der Waals surface area contributed by atoms with Crippen LogP contribution >= 0.6 is 0 Å². The second-order valence-electron chi connectivity index (χ2n) is 33.0. The Morgan fingerprint density at radius 1 is 0.232 bits per heavy atom. The summed E-state index contributed by atoms with van der Waals surface area (Å²) >= 11 is 0. The van der Waals surface area contributed by atoms with Gasteiger partial charge in [-0.2, -0.15) is 0 Å². The number of aromatic nitrogens is 1. The molecule has 0 fully saturated rings. The van der Waals surface area contributed by atoms with Gasteiger partial charge in [-0.15, -0.1) is 0 Å². The van der Waals surface area contributed by atoms with Crippen molar-refractivity contribution >= 4 is 79.0 Å². The van der Waals surface area contributed by atoms with E-state index in [0.717, 1.165) is 95.4 Å². The average Bonchev–Trinajstić information content (AvgIpc) is 0.881. The minimum atomic E-state index is -0.264. The number of hydrogen-bond donors (Lipinski definition) is 0. The Morgan fingerprint density at radius 2 is 0.527 bits per heavy atom. The first-order valence-corrected chi connectivity index (χ1v) is 40.7. The van der Waals surface area contributed by atoms with E-state index < -0.39 is 0 Å². The summed E-state index contributed by atoms with van der Waals surface area (Å²) in [4.78, 5) is 5.40. The molecule has 0 atom stereocenters. The maximum Gasteiger partial charge on any atom is 0.252 e. The molecule has 546 valence electrons. The minimum Gasteiger partial charge on any atom is -0.310 e. The molecule has 0 saturated carbocycles. The number of anilines is 6. The van der Waals surface area contributed by atoms with Crippen molar-refractivity contribution in [2.45, 2.75) is 119 Å². The van der Waals surface area contributed by atoms with Gasteiger partial charge in [-0.1, -0.05) is 362 Å². The first-order chi connectivity index (χ1) is 54.6. The van der Waals surface area contributed by atoms with Crippen LogP contribution in [-0.4, -0.2) is 11.3 Å². The summed E-state index contributed by atoms with van der Waals surface area (Å²) in [6, 6.07) is 125. The molecule has 112 heavy (non-hydrogen) atoms. The molecule has 16 aromatic rings. The summed E-state index contributed by atoms with van der Waals surface area (Å²) in [5.41, 5.74) is 41.2. The summed E-state index contributed by atoms with van der Waals surface area (Å²) in [6.45, 7) is 28.2. The summed E-state index contributed by atoms with van der Waals surface area (Å²) in [7, 11) is 0. The fraction of sp³-hybridized carbons (Fsp3) is 0.167. The van der Waals surface area contributed by atoms with Crippen LogP contribution in [0.5, 0.6) is 0 Å². The SMILES string of the molecule is CC(C)c1cc(C(C)C)c(-c2ccc3c(c2)c2cc(-c4c(C(C)C)cc(C(C)C)cc4C(C)C)ccc2n3-c2cc3c4c(c2)N(c2c(-c5ccccc5)cccc2-c2ccccc2)c2ccc(-c5ccccc5)cc2B4c2cc(-c4ccccc4)ccc2N3c2c(-c3ccccc3)cccc2-c2ccccc2)c(C(C)C)c1. The lowest BCUT2D eigenvalue weighted by Gasteiger charge is -2.46. The van der Waals surface area contributed by atoms with Crippen LogP contribution in [-0.2, 0) is 0 Å². The molecule has 1 aromatic heterocycles. The van der Waals surface area contributed by atoms with E-state index >= 15 is 0 Å². The molecule has 4 heteroatoms. The minimum absolute atomic E-state index is 0.264. The van der Waals surface area contributed by atoms with E-state index in [1.807, 2.05) is 0 Å². The first-order valence-electron chi connectivity index (χ1n) is 40.7. The van der Waals surface area contributed by atoms with Crippen LogP contribution in [0.15, 0.2) is 328 Å². The number of para-hydroxylation sites is 2. The Kier molecular flexibility index (Phi) is 18.6. The first kappa shape index (κ1) is 71.4. The number of nitrogens with zero attached hydrogens (tertiary/aromatic N) is 3. The predicted molar refractivity (Wildman–Crippen MR) is 483 cm³/mol. The number of fused-ring (bicyclic) bond motifs is 7. The topological polar surface area (TPSA) is 11.4 Å². The summed E-state index contributed by atoms with van der Waals surface area (Å²) in [5.74, 6) is 1.96. The van der Waals surface area contributed by atoms with Crippen LogP contribution < -0.4 is 26.2 Å². The molecule has 2 aliphatic heterocycles. The van der Waals surface area contributed by atoms with E-state index in [9.17, 15) is 0 Å². The standard InChI is InChI=1S/C108H96BN3/c1-67(2)83-59-90(69(5)6)104(91(60-83)70(7)8)81-51-53-98-94(57-81)95-58-82(105-92(71(9)10)61-84(68(3)4)62-93(105)72(11)12)52-54-99(95)110(98)85-65-102-106-103(66-85)112(108-88(77-41-27-17-28-42-77)47-32-48-89(108)78-43-29-18-30-44-78)101-56-50-80(74-35-21-14-22-36-74)64-97(101)109(106)96-63-79(73-33-19-13-20-34-73)49-55-100(96)111(102)107-86(75-37-23-15-24-38-75)45-31-46-87(107)76-39-25-16-26-40-76/h13-72H,1-12H3. The molecule has 15 aromatic carbocycles. The predicted octanol–water partition coefficient (Wildman–Crippen LogP) is 28.9. The van der Waals surface area contributed by atoms with Gasteiger partial charge in [0.15, 0.2) is 0 Å². The lowest BCUT2D eigenvalue weighted by molar-refractivity contribution is 0.807. The zero-order valence-electron chi connectivity index (χ0n) is 66.6. The normalized spacial score (nSPS) is 12.5. The molecule has 0 radical (unpaired) electrons. The molecule has 18 rings (SSSR count). The van der Waals surface area contributed by atoms with Gasteiger partial charge in [0.1, 0.15) is 0 Å². The van der Waals surface area contributed by atoms with Gasteiger partial charge in [-0.3, -0.25) is 0 Å². The maximum absolute atomic E-state index is 2.70. The molecule has 0 bridgehead atoms.